The molecule has 1 heterocycles. The average Bonchev–Trinajstić information content (AvgIpc) is 2.78. The molecule has 9 heteroatoms. The number of halogens is 2. The highest BCUT2D eigenvalue weighted by atomic mass is 35.5. The quantitative estimate of drug-likeness (QED) is 0.460. The van der Waals surface area contributed by atoms with Crippen molar-refractivity contribution in [3.63, 3.8) is 0 Å². The molecule has 0 aromatic heterocycles. The number of rotatable bonds is 7. The van der Waals surface area contributed by atoms with Crippen LogP contribution in [0.3, 0.4) is 0 Å². The molecule has 32 heavy (non-hydrogen) atoms. The highest BCUT2D eigenvalue weighted by Crippen LogP contribution is 2.33. The van der Waals surface area contributed by atoms with E-state index in [1.54, 1.807) is 43.3 Å². The molecular formula is C23H24Cl2N2O5. The van der Waals surface area contributed by atoms with Crippen molar-refractivity contribution in [3.05, 3.63) is 57.6 Å². The van der Waals surface area contributed by atoms with Crippen LogP contribution in [0.5, 0.6) is 5.75 Å². The SMILES string of the molecule is CCOC(=O)c1cc(NC(=O)/C=C/c2cc(Cl)cc(Cl)c2OC)ccc1N1CCOCC1. The fourth-order valence-corrected chi connectivity index (χ4v) is 3.92. The Labute approximate surface area is 196 Å². The Balaban J connectivity index is 1.81. The summed E-state index contributed by atoms with van der Waals surface area (Å²) in [7, 11) is 1.49. The lowest BCUT2D eigenvalue weighted by atomic mass is 10.1. The minimum atomic E-state index is -0.445. The molecule has 0 spiro atoms. The third kappa shape index (κ3) is 5.94. The number of hydrogen-bond donors (Lipinski definition) is 1. The summed E-state index contributed by atoms with van der Waals surface area (Å²) in [6.07, 6.45) is 2.89. The Kier molecular flexibility index (Phi) is 8.39. The molecule has 0 radical (unpaired) electrons. The van der Waals surface area contributed by atoms with Crippen LogP contribution in [0.15, 0.2) is 36.4 Å². The predicted molar refractivity (Wildman–Crippen MR) is 126 cm³/mol. The van der Waals surface area contributed by atoms with Gasteiger partial charge in [-0.05, 0) is 43.3 Å². The molecule has 1 N–H and O–H groups in total. The number of amides is 1. The first-order chi connectivity index (χ1) is 15.4. The fourth-order valence-electron chi connectivity index (χ4n) is 3.33. The molecular weight excluding hydrogens is 455 g/mol. The van der Waals surface area contributed by atoms with E-state index in [9.17, 15) is 9.59 Å². The Morgan fingerprint density at radius 3 is 2.62 bits per heavy atom. The first-order valence-corrected chi connectivity index (χ1v) is 10.8. The first-order valence-electron chi connectivity index (χ1n) is 10.1. The van der Waals surface area contributed by atoms with Crippen molar-refractivity contribution in [2.45, 2.75) is 6.92 Å². The third-order valence-corrected chi connectivity index (χ3v) is 5.27. The van der Waals surface area contributed by atoms with Gasteiger partial charge in [0.05, 0.1) is 43.2 Å². The van der Waals surface area contributed by atoms with E-state index in [2.05, 4.69) is 10.2 Å². The molecule has 0 saturated carbocycles. The Morgan fingerprint density at radius 1 is 1.19 bits per heavy atom. The molecule has 1 saturated heterocycles. The van der Waals surface area contributed by atoms with Crippen LogP contribution < -0.4 is 15.0 Å². The van der Waals surface area contributed by atoms with Gasteiger partial charge >= 0.3 is 5.97 Å². The topological polar surface area (TPSA) is 77.1 Å². The van der Waals surface area contributed by atoms with Crippen LogP contribution in [-0.4, -0.2) is 51.9 Å². The molecule has 1 aliphatic heterocycles. The maximum Gasteiger partial charge on any atom is 0.340 e. The lowest BCUT2D eigenvalue weighted by Gasteiger charge is -2.30. The van der Waals surface area contributed by atoms with Gasteiger partial charge in [0.15, 0.2) is 0 Å². The minimum Gasteiger partial charge on any atom is -0.495 e. The van der Waals surface area contributed by atoms with Crippen molar-refractivity contribution in [1.82, 2.24) is 0 Å². The molecule has 0 atom stereocenters. The zero-order valence-corrected chi connectivity index (χ0v) is 19.3. The molecule has 0 aliphatic carbocycles. The lowest BCUT2D eigenvalue weighted by molar-refractivity contribution is -0.111. The zero-order chi connectivity index (χ0) is 23.1. The second-order valence-electron chi connectivity index (χ2n) is 6.88. The first kappa shape index (κ1) is 23.9. The van der Waals surface area contributed by atoms with Crippen LogP contribution in [0.1, 0.15) is 22.8 Å². The van der Waals surface area contributed by atoms with E-state index in [0.717, 1.165) is 5.69 Å². The van der Waals surface area contributed by atoms with Crippen LogP contribution in [0.4, 0.5) is 11.4 Å². The van der Waals surface area contributed by atoms with Gasteiger partial charge in [0, 0.05) is 35.4 Å². The van der Waals surface area contributed by atoms with E-state index in [0.29, 0.717) is 58.9 Å². The molecule has 7 nitrogen and oxygen atoms in total. The van der Waals surface area contributed by atoms with Gasteiger partial charge in [-0.25, -0.2) is 4.79 Å². The number of morpholine rings is 1. The smallest absolute Gasteiger partial charge is 0.340 e. The Hall–Kier alpha value is -2.74. The number of carbonyl (C=O) groups excluding carboxylic acids is 2. The number of nitrogens with zero attached hydrogens (tertiary/aromatic N) is 1. The third-order valence-electron chi connectivity index (χ3n) is 4.77. The fraction of sp³-hybridized carbons (Fsp3) is 0.304. The Morgan fingerprint density at radius 2 is 1.94 bits per heavy atom. The maximum atomic E-state index is 12.5. The van der Waals surface area contributed by atoms with E-state index >= 15 is 0 Å². The summed E-state index contributed by atoms with van der Waals surface area (Å²) in [6, 6.07) is 8.37. The highest BCUT2D eigenvalue weighted by molar-refractivity contribution is 6.36. The maximum absolute atomic E-state index is 12.5. The van der Waals surface area contributed by atoms with Crippen molar-refractivity contribution >= 4 is 52.5 Å². The highest BCUT2D eigenvalue weighted by Gasteiger charge is 2.20. The van der Waals surface area contributed by atoms with Crippen molar-refractivity contribution in [2.24, 2.45) is 0 Å². The van der Waals surface area contributed by atoms with Gasteiger partial charge < -0.3 is 24.4 Å². The number of benzene rings is 2. The lowest BCUT2D eigenvalue weighted by Crippen LogP contribution is -2.37. The van der Waals surface area contributed by atoms with Gasteiger partial charge in [-0.15, -0.1) is 0 Å². The monoisotopic (exact) mass is 478 g/mol. The molecule has 1 aliphatic rings. The summed E-state index contributed by atoms with van der Waals surface area (Å²) < 4.78 is 15.9. The van der Waals surface area contributed by atoms with Crippen LogP contribution >= 0.6 is 23.2 Å². The predicted octanol–water partition coefficient (Wildman–Crippen LogP) is 4.67. The number of nitrogens with one attached hydrogen (secondary N) is 1. The normalized spacial score (nSPS) is 13.8. The van der Waals surface area contributed by atoms with Gasteiger partial charge in [0.2, 0.25) is 5.91 Å². The summed E-state index contributed by atoms with van der Waals surface area (Å²) >= 11 is 12.2. The van der Waals surface area contributed by atoms with Crippen molar-refractivity contribution in [2.75, 3.05) is 50.2 Å². The van der Waals surface area contributed by atoms with E-state index in [4.69, 9.17) is 37.4 Å². The van der Waals surface area contributed by atoms with Gasteiger partial charge in [-0.3, -0.25) is 4.79 Å². The van der Waals surface area contributed by atoms with Crippen LogP contribution in [0, 0.1) is 0 Å². The molecule has 170 valence electrons. The molecule has 1 fully saturated rings. The van der Waals surface area contributed by atoms with Crippen LogP contribution in [0.2, 0.25) is 10.0 Å². The largest absolute Gasteiger partial charge is 0.495 e. The zero-order valence-electron chi connectivity index (χ0n) is 17.8. The second-order valence-corrected chi connectivity index (χ2v) is 7.73. The molecule has 0 bridgehead atoms. The molecule has 0 unspecified atom stereocenters. The summed E-state index contributed by atoms with van der Waals surface area (Å²) in [4.78, 5) is 27.1. The number of esters is 1. The molecule has 2 aromatic carbocycles. The van der Waals surface area contributed by atoms with Crippen molar-refractivity contribution in [1.29, 1.82) is 0 Å². The average molecular weight is 479 g/mol. The van der Waals surface area contributed by atoms with E-state index in [1.807, 2.05) is 0 Å². The van der Waals surface area contributed by atoms with Gasteiger partial charge in [-0.1, -0.05) is 23.2 Å². The molecule has 3 rings (SSSR count). The van der Waals surface area contributed by atoms with Crippen molar-refractivity contribution < 1.29 is 23.8 Å². The number of carbonyl (C=O) groups is 2. The van der Waals surface area contributed by atoms with Crippen molar-refractivity contribution in [3.8, 4) is 5.75 Å². The number of ether oxygens (including phenoxy) is 3. The standard InChI is InChI=1S/C23H24Cl2N2O5/c1-3-32-23(29)18-14-17(5-6-20(18)27-8-10-31-11-9-27)26-21(28)7-4-15-12-16(24)13-19(25)22(15)30-2/h4-7,12-14H,3,8-11H2,1-2H3,(H,26,28)/b7-4+. The second kappa shape index (κ2) is 11.2. The van der Waals surface area contributed by atoms with Gasteiger partial charge in [-0.2, -0.15) is 0 Å². The summed E-state index contributed by atoms with van der Waals surface area (Å²) in [5.41, 5.74) is 2.17. The van der Waals surface area contributed by atoms with Crippen LogP contribution in [0.25, 0.3) is 6.08 Å². The summed E-state index contributed by atoms with van der Waals surface area (Å²) in [5.74, 6) is -0.421. The number of hydrogen-bond acceptors (Lipinski definition) is 6. The Bertz CT molecular complexity index is 1020. The van der Waals surface area contributed by atoms with E-state index in [-0.39, 0.29) is 6.61 Å². The summed E-state index contributed by atoms with van der Waals surface area (Å²) in [5, 5.41) is 3.53. The molecule has 1 amide bonds. The van der Waals surface area contributed by atoms with E-state index in [1.165, 1.54) is 13.2 Å². The number of methoxy groups -OCH3 is 1. The van der Waals surface area contributed by atoms with Gasteiger partial charge in [0.25, 0.3) is 0 Å². The molecule has 2 aromatic rings. The minimum absolute atomic E-state index is 0.255. The van der Waals surface area contributed by atoms with E-state index < -0.39 is 11.9 Å². The number of anilines is 2. The van der Waals surface area contributed by atoms with Gasteiger partial charge in [0.1, 0.15) is 5.75 Å². The van der Waals surface area contributed by atoms with Crippen LogP contribution in [-0.2, 0) is 14.3 Å². The summed E-state index contributed by atoms with van der Waals surface area (Å²) in [6.45, 7) is 4.52.